The van der Waals surface area contributed by atoms with E-state index in [4.69, 9.17) is 9.47 Å². The lowest BCUT2D eigenvalue weighted by molar-refractivity contribution is -0.247. The van der Waals surface area contributed by atoms with Gasteiger partial charge in [0.15, 0.2) is 5.79 Å². The van der Waals surface area contributed by atoms with Crippen LogP contribution < -0.4 is 5.32 Å². The molecule has 1 N–H and O–H groups in total. The number of benzene rings is 1. The fourth-order valence-electron chi connectivity index (χ4n) is 2.04. The second kappa shape index (κ2) is 5.38. The predicted octanol–water partition coefficient (Wildman–Crippen LogP) is 1.36. The van der Waals surface area contributed by atoms with E-state index in [-0.39, 0.29) is 11.9 Å². The van der Waals surface area contributed by atoms with Gasteiger partial charge in [0, 0.05) is 0 Å². The molecule has 0 saturated carbocycles. The molecule has 1 aliphatic rings. The number of anilines is 1. The van der Waals surface area contributed by atoms with E-state index < -0.39 is 5.79 Å². The van der Waals surface area contributed by atoms with E-state index in [1.807, 2.05) is 13.8 Å². The van der Waals surface area contributed by atoms with Crippen LogP contribution in [0, 0.1) is 5.82 Å². The standard InChI is InChI=1S/C13H16FN5O2/c1-13(2)20-6-9(7-21-13)16-12-5-10(3-4-11(12)14)19-8-15-17-18-19/h3-5,8-9,16H,6-7H2,1-2H3. The fraction of sp³-hybridized carbons (Fsp3) is 0.462. The third kappa shape index (κ3) is 3.17. The molecule has 1 fully saturated rings. The Morgan fingerprint density at radius 1 is 1.33 bits per heavy atom. The predicted molar refractivity (Wildman–Crippen MR) is 72.5 cm³/mol. The van der Waals surface area contributed by atoms with Gasteiger partial charge >= 0.3 is 0 Å². The molecule has 2 aromatic rings. The largest absolute Gasteiger partial charge is 0.375 e. The molecule has 0 amide bonds. The normalized spacial score (nSPS) is 18.6. The molecule has 3 rings (SSSR count). The Kier molecular flexibility index (Phi) is 3.56. The van der Waals surface area contributed by atoms with Gasteiger partial charge in [-0.3, -0.25) is 0 Å². The van der Waals surface area contributed by atoms with Crippen molar-refractivity contribution >= 4 is 5.69 Å². The first-order valence-corrected chi connectivity index (χ1v) is 6.61. The third-order valence-corrected chi connectivity index (χ3v) is 3.19. The topological polar surface area (TPSA) is 74.1 Å². The Hall–Kier alpha value is -2.06. The highest BCUT2D eigenvalue weighted by Gasteiger charge is 2.28. The van der Waals surface area contributed by atoms with Gasteiger partial charge in [-0.1, -0.05) is 0 Å². The number of tetrazole rings is 1. The van der Waals surface area contributed by atoms with Gasteiger partial charge in [-0.15, -0.1) is 5.10 Å². The zero-order chi connectivity index (χ0) is 14.9. The van der Waals surface area contributed by atoms with E-state index in [0.29, 0.717) is 24.6 Å². The Morgan fingerprint density at radius 2 is 2.10 bits per heavy atom. The number of halogens is 1. The Bertz CT molecular complexity index is 607. The van der Waals surface area contributed by atoms with Crippen molar-refractivity contribution in [1.29, 1.82) is 0 Å². The highest BCUT2D eigenvalue weighted by molar-refractivity contribution is 5.52. The lowest BCUT2D eigenvalue weighted by Crippen LogP contribution is -2.45. The highest BCUT2D eigenvalue weighted by Crippen LogP contribution is 2.22. The molecule has 0 atom stereocenters. The number of hydrogen-bond acceptors (Lipinski definition) is 6. The minimum atomic E-state index is -0.592. The van der Waals surface area contributed by atoms with E-state index in [9.17, 15) is 4.39 Å². The Balaban J connectivity index is 1.75. The lowest BCUT2D eigenvalue weighted by Gasteiger charge is -2.35. The summed E-state index contributed by atoms with van der Waals surface area (Å²) in [5.41, 5.74) is 1.03. The molecule has 2 heterocycles. The van der Waals surface area contributed by atoms with Crippen LogP contribution in [-0.4, -0.2) is 45.2 Å². The van der Waals surface area contributed by atoms with Crippen molar-refractivity contribution in [1.82, 2.24) is 20.2 Å². The average molecular weight is 293 g/mol. The Morgan fingerprint density at radius 3 is 2.76 bits per heavy atom. The molecule has 1 aromatic carbocycles. The molecule has 0 radical (unpaired) electrons. The Labute approximate surface area is 121 Å². The van der Waals surface area contributed by atoms with E-state index in [0.717, 1.165) is 0 Å². The van der Waals surface area contributed by atoms with Crippen molar-refractivity contribution in [3.05, 3.63) is 30.3 Å². The molecular formula is C13H16FN5O2. The van der Waals surface area contributed by atoms with Crippen LogP contribution in [-0.2, 0) is 9.47 Å². The molecular weight excluding hydrogens is 277 g/mol. The SMILES string of the molecule is CC1(C)OCC(Nc2cc(-n3cnnn3)ccc2F)CO1. The van der Waals surface area contributed by atoms with Crippen LogP contribution in [0.4, 0.5) is 10.1 Å². The molecule has 7 nitrogen and oxygen atoms in total. The zero-order valence-corrected chi connectivity index (χ0v) is 11.8. The van der Waals surface area contributed by atoms with Crippen LogP contribution >= 0.6 is 0 Å². The molecule has 8 heteroatoms. The van der Waals surface area contributed by atoms with Gasteiger partial charge in [-0.05, 0) is 42.5 Å². The van der Waals surface area contributed by atoms with E-state index in [1.165, 1.54) is 17.1 Å². The average Bonchev–Trinajstić information content (AvgIpc) is 2.97. The summed E-state index contributed by atoms with van der Waals surface area (Å²) in [5.74, 6) is -0.943. The zero-order valence-electron chi connectivity index (χ0n) is 11.8. The van der Waals surface area contributed by atoms with Gasteiger partial charge in [0.2, 0.25) is 0 Å². The second-order valence-corrected chi connectivity index (χ2v) is 5.28. The van der Waals surface area contributed by atoms with Gasteiger partial charge < -0.3 is 14.8 Å². The molecule has 1 aromatic heterocycles. The minimum absolute atomic E-state index is 0.114. The van der Waals surface area contributed by atoms with Crippen molar-refractivity contribution < 1.29 is 13.9 Å². The highest BCUT2D eigenvalue weighted by atomic mass is 19.1. The minimum Gasteiger partial charge on any atom is -0.375 e. The maximum absolute atomic E-state index is 13.9. The molecule has 0 aliphatic carbocycles. The third-order valence-electron chi connectivity index (χ3n) is 3.19. The van der Waals surface area contributed by atoms with Crippen molar-refractivity contribution in [3.63, 3.8) is 0 Å². The van der Waals surface area contributed by atoms with Gasteiger partial charge in [-0.25, -0.2) is 9.07 Å². The summed E-state index contributed by atoms with van der Waals surface area (Å²) in [5, 5.41) is 14.0. The van der Waals surface area contributed by atoms with Crippen LogP contribution in [0.3, 0.4) is 0 Å². The summed E-state index contributed by atoms with van der Waals surface area (Å²) >= 11 is 0. The van der Waals surface area contributed by atoms with Crippen LogP contribution in [0.2, 0.25) is 0 Å². The summed E-state index contributed by atoms with van der Waals surface area (Å²) in [6.07, 6.45) is 1.45. The first-order chi connectivity index (χ1) is 10.0. The van der Waals surface area contributed by atoms with Gasteiger partial charge in [0.05, 0.1) is 30.6 Å². The van der Waals surface area contributed by atoms with E-state index in [1.54, 1.807) is 12.1 Å². The maximum atomic E-state index is 13.9. The smallest absolute Gasteiger partial charge is 0.162 e. The molecule has 1 aliphatic heterocycles. The van der Waals surface area contributed by atoms with Gasteiger partial charge in [0.25, 0.3) is 0 Å². The monoisotopic (exact) mass is 293 g/mol. The number of ether oxygens (including phenoxy) is 2. The van der Waals surface area contributed by atoms with Crippen LogP contribution in [0.5, 0.6) is 0 Å². The lowest BCUT2D eigenvalue weighted by atomic mass is 10.2. The quantitative estimate of drug-likeness (QED) is 0.921. The molecule has 1 saturated heterocycles. The fourth-order valence-corrected chi connectivity index (χ4v) is 2.04. The summed E-state index contributed by atoms with van der Waals surface area (Å²) in [7, 11) is 0. The number of nitrogens with one attached hydrogen (secondary N) is 1. The molecule has 0 spiro atoms. The maximum Gasteiger partial charge on any atom is 0.162 e. The number of rotatable bonds is 3. The summed E-state index contributed by atoms with van der Waals surface area (Å²) in [6, 6.07) is 4.50. The molecule has 0 bridgehead atoms. The van der Waals surface area contributed by atoms with Crippen LogP contribution in [0.1, 0.15) is 13.8 Å². The van der Waals surface area contributed by atoms with E-state index >= 15 is 0 Å². The van der Waals surface area contributed by atoms with Gasteiger partial charge in [0.1, 0.15) is 12.1 Å². The van der Waals surface area contributed by atoms with E-state index in [2.05, 4.69) is 20.8 Å². The molecule has 112 valence electrons. The van der Waals surface area contributed by atoms with Crippen LogP contribution in [0.25, 0.3) is 5.69 Å². The van der Waals surface area contributed by atoms with Crippen molar-refractivity contribution in [2.75, 3.05) is 18.5 Å². The summed E-state index contributed by atoms with van der Waals surface area (Å²) in [6.45, 7) is 4.59. The summed E-state index contributed by atoms with van der Waals surface area (Å²) in [4.78, 5) is 0. The van der Waals surface area contributed by atoms with Gasteiger partial charge in [-0.2, -0.15) is 0 Å². The number of aromatic nitrogens is 4. The van der Waals surface area contributed by atoms with Crippen LogP contribution in [0.15, 0.2) is 24.5 Å². The number of hydrogen-bond donors (Lipinski definition) is 1. The number of nitrogens with zero attached hydrogens (tertiary/aromatic N) is 4. The van der Waals surface area contributed by atoms with Crippen molar-refractivity contribution in [3.8, 4) is 5.69 Å². The first-order valence-electron chi connectivity index (χ1n) is 6.61. The summed E-state index contributed by atoms with van der Waals surface area (Å²) < 4.78 is 26.5. The first kappa shape index (κ1) is 13.9. The van der Waals surface area contributed by atoms with Crippen molar-refractivity contribution in [2.45, 2.75) is 25.7 Å². The molecule has 21 heavy (non-hydrogen) atoms. The van der Waals surface area contributed by atoms with Crippen molar-refractivity contribution in [2.24, 2.45) is 0 Å². The molecule has 0 unspecified atom stereocenters. The second-order valence-electron chi connectivity index (χ2n) is 5.28.